The molecule has 108 valence electrons. The highest BCUT2D eigenvalue weighted by Gasteiger charge is 2.43. The molecule has 18 heavy (non-hydrogen) atoms. The molecule has 0 aromatic heterocycles. The Bertz CT molecular complexity index is 223. The van der Waals surface area contributed by atoms with E-state index < -0.39 is 37.3 Å². The predicted molar refractivity (Wildman–Crippen MR) is 63.9 cm³/mol. The third-order valence-electron chi connectivity index (χ3n) is 3.13. The fourth-order valence-electron chi connectivity index (χ4n) is 1.93. The largest absolute Gasteiger partial charge is 0.394 e. The fraction of sp³-hybridized carbons (Fsp3) is 1.00. The van der Waals surface area contributed by atoms with Gasteiger partial charge in [-0.05, 0) is 6.42 Å². The van der Waals surface area contributed by atoms with E-state index in [2.05, 4.69) is 6.92 Å². The van der Waals surface area contributed by atoms with Crippen LogP contribution in [0.5, 0.6) is 0 Å². The molecule has 5 atom stereocenters. The number of aliphatic hydroxyl groups excluding tert-OH is 4. The molecule has 1 rings (SSSR count). The van der Waals surface area contributed by atoms with Crippen molar-refractivity contribution in [2.75, 3.05) is 13.2 Å². The van der Waals surface area contributed by atoms with E-state index in [1.165, 1.54) is 0 Å². The Balaban J connectivity index is 2.35. The van der Waals surface area contributed by atoms with E-state index in [1.807, 2.05) is 0 Å². The second-order valence-corrected chi connectivity index (χ2v) is 4.63. The fourth-order valence-corrected chi connectivity index (χ4v) is 1.93. The molecule has 4 N–H and O–H groups in total. The molecule has 1 heterocycles. The van der Waals surface area contributed by atoms with Crippen LogP contribution < -0.4 is 0 Å². The molecule has 1 aliphatic rings. The third-order valence-corrected chi connectivity index (χ3v) is 3.13. The van der Waals surface area contributed by atoms with Gasteiger partial charge >= 0.3 is 0 Å². The van der Waals surface area contributed by atoms with Gasteiger partial charge in [0.05, 0.1) is 6.61 Å². The Hall–Kier alpha value is -0.240. The minimum Gasteiger partial charge on any atom is -0.394 e. The van der Waals surface area contributed by atoms with Crippen molar-refractivity contribution < 1.29 is 29.9 Å². The lowest BCUT2D eigenvalue weighted by molar-refractivity contribution is -0.301. The van der Waals surface area contributed by atoms with Gasteiger partial charge in [0.25, 0.3) is 0 Å². The molecule has 1 saturated heterocycles. The SMILES string of the molecule is CCCCCCO[C@H]1O[C@H](CO)[C@@H](O)[C@@H](O)[C@@H]1O. The number of rotatable bonds is 7. The minimum atomic E-state index is -1.36. The summed E-state index contributed by atoms with van der Waals surface area (Å²) < 4.78 is 10.5. The van der Waals surface area contributed by atoms with Crippen LogP contribution in [0.25, 0.3) is 0 Å². The van der Waals surface area contributed by atoms with Crippen LogP contribution in [-0.4, -0.2) is 64.3 Å². The molecule has 0 aromatic rings. The monoisotopic (exact) mass is 264 g/mol. The lowest BCUT2D eigenvalue weighted by atomic mass is 9.99. The van der Waals surface area contributed by atoms with Gasteiger partial charge in [-0.1, -0.05) is 26.2 Å². The Morgan fingerprint density at radius 1 is 1.00 bits per heavy atom. The quantitative estimate of drug-likeness (QED) is 0.458. The predicted octanol–water partition coefficient (Wildman–Crippen LogP) is -0.617. The third kappa shape index (κ3) is 4.15. The van der Waals surface area contributed by atoms with Crippen molar-refractivity contribution in [3.05, 3.63) is 0 Å². The number of ether oxygens (including phenoxy) is 2. The summed E-state index contributed by atoms with van der Waals surface area (Å²) in [6.45, 7) is 2.10. The second kappa shape index (κ2) is 8.04. The summed E-state index contributed by atoms with van der Waals surface area (Å²) in [5.41, 5.74) is 0. The van der Waals surface area contributed by atoms with Crippen molar-refractivity contribution in [2.24, 2.45) is 0 Å². The molecule has 0 spiro atoms. The van der Waals surface area contributed by atoms with Gasteiger partial charge in [0.1, 0.15) is 24.4 Å². The Morgan fingerprint density at radius 2 is 1.72 bits per heavy atom. The molecule has 0 aliphatic carbocycles. The lowest BCUT2D eigenvalue weighted by Crippen LogP contribution is -2.59. The van der Waals surface area contributed by atoms with Gasteiger partial charge in [0, 0.05) is 6.61 Å². The van der Waals surface area contributed by atoms with E-state index in [0.29, 0.717) is 6.61 Å². The molecule has 6 heteroatoms. The molecule has 0 unspecified atom stereocenters. The van der Waals surface area contributed by atoms with E-state index in [4.69, 9.17) is 14.6 Å². The Kier molecular flexibility index (Phi) is 7.06. The number of aliphatic hydroxyl groups is 4. The maximum Gasteiger partial charge on any atom is 0.186 e. The molecule has 0 aromatic carbocycles. The summed E-state index contributed by atoms with van der Waals surface area (Å²) in [5, 5.41) is 37.8. The zero-order chi connectivity index (χ0) is 13.5. The van der Waals surface area contributed by atoms with E-state index in [-0.39, 0.29) is 0 Å². The summed E-state index contributed by atoms with van der Waals surface area (Å²) in [6.07, 6.45) is -1.75. The number of unbranched alkanes of at least 4 members (excludes halogenated alkanes) is 3. The Labute approximate surface area is 107 Å². The first-order valence-corrected chi connectivity index (χ1v) is 6.54. The normalized spacial score (nSPS) is 36.8. The summed E-state index contributed by atoms with van der Waals surface area (Å²) in [6, 6.07) is 0. The van der Waals surface area contributed by atoms with E-state index in [0.717, 1.165) is 25.7 Å². The average molecular weight is 264 g/mol. The summed E-state index contributed by atoms with van der Waals surface area (Å²) >= 11 is 0. The van der Waals surface area contributed by atoms with Crippen LogP contribution in [0.2, 0.25) is 0 Å². The number of hydrogen-bond acceptors (Lipinski definition) is 6. The maximum absolute atomic E-state index is 9.68. The molecular weight excluding hydrogens is 240 g/mol. The molecule has 1 aliphatic heterocycles. The zero-order valence-corrected chi connectivity index (χ0v) is 10.7. The first kappa shape index (κ1) is 15.8. The van der Waals surface area contributed by atoms with Gasteiger partial charge in [0.15, 0.2) is 6.29 Å². The zero-order valence-electron chi connectivity index (χ0n) is 10.7. The molecule has 0 saturated carbocycles. The average Bonchev–Trinajstić information content (AvgIpc) is 2.38. The molecule has 1 fully saturated rings. The molecule has 6 nitrogen and oxygen atoms in total. The highest BCUT2D eigenvalue weighted by atomic mass is 16.7. The summed E-state index contributed by atoms with van der Waals surface area (Å²) in [4.78, 5) is 0. The van der Waals surface area contributed by atoms with Crippen LogP contribution in [0.15, 0.2) is 0 Å². The second-order valence-electron chi connectivity index (χ2n) is 4.63. The van der Waals surface area contributed by atoms with Crippen LogP contribution in [0.4, 0.5) is 0 Å². The first-order valence-electron chi connectivity index (χ1n) is 6.54. The summed E-state index contributed by atoms with van der Waals surface area (Å²) in [5.74, 6) is 0. The van der Waals surface area contributed by atoms with Gasteiger partial charge in [-0.15, -0.1) is 0 Å². The topological polar surface area (TPSA) is 99.4 Å². The van der Waals surface area contributed by atoms with Gasteiger partial charge in [-0.25, -0.2) is 0 Å². The van der Waals surface area contributed by atoms with Crippen LogP contribution >= 0.6 is 0 Å². The van der Waals surface area contributed by atoms with Crippen molar-refractivity contribution in [2.45, 2.75) is 63.3 Å². The standard InChI is InChI=1S/C12H24O6/c1-2-3-4-5-6-17-12-11(16)10(15)9(14)8(7-13)18-12/h8-16H,2-7H2,1H3/t8-,9-,10-,11+,12+/m1/s1. The van der Waals surface area contributed by atoms with Crippen LogP contribution in [0.3, 0.4) is 0 Å². The lowest BCUT2D eigenvalue weighted by Gasteiger charge is -2.39. The smallest absolute Gasteiger partial charge is 0.186 e. The van der Waals surface area contributed by atoms with Crippen molar-refractivity contribution >= 4 is 0 Å². The molecule has 0 amide bonds. The van der Waals surface area contributed by atoms with Gasteiger partial charge in [-0.3, -0.25) is 0 Å². The van der Waals surface area contributed by atoms with Crippen LogP contribution in [-0.2, 0) is 9.47 Å². The Morgan fingerprint density at radius 3 is 2.33 bits per heavy atom. The maximum atomic E-state index is 9.68. The van der Waals surface area contributed by atoms with Crippen LogP contribution in [0, 0.1) is 0 Å². The van der Waals surface area contributed by atoms with E-state index in [1.54, 1.807) is 0 Å². The molecule has 0 bridgehead atoms. The van der Waals surface area contributed by atoms with Gasteiger partial charge in [0.2, 0.25) is 0 Å². The van der Waals surface area contributed by atoms with Gasteiger partial charge < -0.3 is 29.9 Å². The minimum absolute atomic E-state index is 0.419. The van der Waals surface area contributed by atoms with Crippen molar-refractivity contribution in [1.82, 2.24) is 0 Å². The van der Waals surface area contributed by atoms with E-state index in [9.17, 15) is 15.3 Å². The highest BCUT2D eigenvalue weighted by Crippen LogP contribution is 2.22. The van der Waals surface area contributed by atoms with Crippen molar-refractivity contribution in [3.63, 3.8) is 0 Å². The summed E-state index contributed by atoms with van der Waals surface area (Å²) in [7, 11) is 0. The van der Waals surface area contributed by atoms with Crippen molar-refractivity contribution in [3.8, 4) is 0 Å². The van der Waals surface area contributed by atoms with Gasteiger partial charge in [-0.2, -0.15) is 0 Å². The highest BCUT2D eigenvalue weighted by molar-refractivity contribution is 4.88. The van der Waals surface area contributed by atoms with Crippen molar-refractivity contribution in [1.29, 1.82) is 0 Å². The van der Waals surface area contributed by atoms with Crippen LogP contribution in [0.1, 0.15) is 32.6 Å². The number of hydrogen-bond donors (Lipinski definition) is 4. The van der Waals surface area contributed by atoms with E-state index >= 15 is 0 Å². The first-order chi connectivity index (χ1) is 8.61. The molecule has 0 radical (unpaired) electrons. The molecular formula is C12H24O6.